The normalized spacial score (nSPS) is 14.5. The highest BCUT2D eigenvalue weighted by atomic mass is 32.2. The van der Waals surface area contributed by atoms with E-state index in [1.165, 1.54) is 11.3 Å². The molecular formula is C8H4O2S2. The number of fused-ring (bicyclic) bond motifs is 1. The number of hydrogen-bond acceptors (Lipinski definition) is 3. The van der Waals surface area contributed by atoms with Crippen LogP contribution in [0.4, 0.5) is 0 Å². The molecule has 0 amide bonds. The number of hydrogen-bond donors (Lipinski definition) is 0. The maximum atomic E-state index is 10.6. The predicted octanol–water partition coefficient (Wildman–Crippen LogP) is 0.969. The Bertz CT molecular complexity index is 455. The highest BCUT2D eigenvalue weighted by Crippen LogP contribution is 2.19. The molecule has 2 rings (SSSR count). The summed E-state index contributed by atoms with van der Waals surface area (Å²) in [7, 11) is -2.09. The second-order valence-corrected chi connectivity index (χ2v) is 4.02. The summed E-state index contributed by atoms with van der Waals surface area (Å²) in [6.07, 6.45) is 3.83. The summed E-state index contributed by atoms with van der Waals surface area (Å²) in [6, 6.07) is 0. The first kappa shape index (κ1) is 7.76. The van der Waals surface area contributed by atoms with Gasteiger partial charge in [0, 0.05) is 11.8 Å². The molecule has 4 heteroatoms. The molecule has 0 N–H and O–H groups in total. The molecule has 60 valence electrons. The Morgan fingerprint density at radius 2 is 2.17 bits per heavy atom. The van der Waals surface area contributed by atoms with E-state index in [0.717, 1.165) is 11.1 Å². The van der Waals surface area contributed by atoms with Gasteiger partial charge in [-0.05, 0) is 17.2 Å². The van der Waals surface area contributed by atoms with Gasteiger partial charge in [-0.25, -0.2) is 0 Å². The van der Waals surface area contributed by atoms with Gasteiger partial charge < -0.3 is 0 Å². The van der Waals surface area contributed by atoms with Crippen molar-refractivity contribution in [3.8, 4) is 0 Å². The Balaban J connectivity index is 2.57. The van der Waals surface area contributed by atoms with E-state index in [2.05, 4.69) is 10.8 Å². The van der Waals surface area contributed by atoms with Gasteiger partial charge in [0.25, 0.3) is 0 Å². The monoisotopic (exact) mass is 196 g/mol. The SMILES string of the molecule is O=S(=O)=C1C=Cc2[c]s[c]c2C1. The predicted molar refractivity (Wildman–Crippen MR) is 48.7 cm³/mol. The van der Waals surface area contributed by atoms with Crippen LogP contribution in [0, 0.1) is 10.8 Å². The molecule has 1 heterocycles. The molecule has 1 aliphatic rings. The van der Waals surface area contributed by atoms with Crippen molar-refractivity contribution in [2.75, 3.05) is 0 Å². The maximum Gasteiger partial charge on any atom is 0.217 e. The molecule has 12 heavy (non-hydrogen) atoms. The molecule has 0 bridgehead atoms. The molecule has 0 saturated heterocycles. The lowest BCUT2D eigenvalue weighted by Gasteiger charge is -2.02. The minimum atomic E-state index is -2.09. The third-order valence-corrected chi connectivity index (χ3v) is 3.04. The van der Waals surface area contributed by atoms with E-state index < -0.39 is 10.3 Å². The Hall–Kier alpha value is -0.870. The van der Waals surface area contributed by atoms with Crippen LogP contribution in [0.25, 0.3) is 6.08 Å². The van der Waals surface area contributed by atoms with Gasteiger partial charge in [-0.2, -0.15) is 8.42 Å². The minimum Gasteiger partial charge on any atom is -0.184 e. The molecule has 0 fully saturated rings. The zero-order valence-corrected chi connectivity index (χ0v) is 7.63. The third-order valence-electron chi connectivity index (χ3n) is 1.66. The Morgan fingerprint density at radius 3 is 2.92 bits per heavy atom. The van der Waals surface area contributed by atoms with Crippen LogP contribution in [0.5, 0.6) is 0 Å². The molecule has 0 spiro atoms. The van der Waals surface area contributed by atoms with Crippen molar-refractivity contribution in [1.29, 1.82) is 0 Å². The van der Waals surface area contributed by atoms with Gasteiger partial charge in [0.2, 0.25) is 10.3 Å². The zero-order chi connectivity index (χ0) is 8.55. The van der Waals surface area contributed by atoms with Gasteiger partial charge in [-0.15, -0.1) is 11.3 Å². The van der Waals surface area contributed by atoms with Crippen LogP contribution >= 0.6 is 11.3 Å². The summed E-state index contributed by atoms with van der Waals surface area (Å²) >= 11 is 1.35. The molecular weight excluding hydrogens is 192 g/mol. The van der Waals surface area contributed by atoms with Crippen molar-refractivity contribution in [3.63, 3.8) is 0 Å². The fourth-order valence-electron chi connectivity index (χ4n) is 1.05. The quantitative estimate of drug-likeness (QED) is 0.579. The summed E-state index contributed by atoms with van der Waals surface area (Å²) in [4.78, 5) is 0.422. The standard InChI is InChI=1S/C8H4O2S2/c9-12(10)8-2-1-6-4-11-5-7(6)3-8/h1-2H,3H2. The molecule has 0 aliphatic heterocycles. The first-order valence-corrected chi connectivity index (χ1v) is 5.20. The fraction of sp³-hybridized carbons (Fsp3) is 0.125. The van der Waals surface area contributed by atoms with Crippen LogP contribution in [-0.4, -0.2) is 13.3 Å². The Morgan fingerprint density at radius 1 is 1.33 bits per heavy atom. The van der Waals surface area contributed by atoms with Gasteiger partial charge in [-0.3, -0.25) is 0 Å². The van der Waals surface area contributed by atoms with Crippen LogP contribution in [0.3, 0.4) is 0 Å². The number of allylic oxidation sites excluding steroid dienone is 1. The number of thiophene rings is 1. The average molecular weight is 196 g/mol. The zero-order valence-electron chi connectivity index (χ0n) is 5.99. The first-order chi connectivity index (χ1) is 5.77. The lowest BCUT2D eigenvalue weighted by Crippen LogP contribution is -2.04. The molecule has 2 radical (unpaired) electrons. The molecule has 0 unspecified atom stereocenters. The molecule has 1 aliphatic carbocycles. The maximum absolute atomic E-state index is 10.6. The van der Waals surface area contributed by atoms with Crippen molar-refractivity contribution in [1.82, 2.24) is 0 Å². The van der Waals surface area contributed by atoms with Gasteiger partial charge in [0.05, 0.1) is 10.2 Å². The number of rotatable bonds is 0. The molecule has 0 saturated carbocycles. The van der Waals surface area contributed by atoms with E-state index in [9.17, 15) is 8.42 Å². The molecule has 1 aromatic rings. The van der Waals surface area contributed by atoms with Crippen molar-refractivity contribution < 1.29 is 8.42 Å². The summed E-state index contributed by atoms with van der Waals surface area (Å²) in [5, 5.41) is 5.99. The van der Waals surface area contributed by atoms with Crippen LogP contribution in [-0.2, 0) is 16.7 Å². The van der Waals surface area contributed by atoms with Crippen molar-refractivity contribution in [2.45, 2.75) is 6.42 Å². The van der Waals surface area contributed by atoms with Crippen molar-refractivity contribution in [2.24, 2.45) is 0 Å². The lowest BCUT2D eigenvalue weighted by atomic mass is 10.0. The van der Waals surface area contributed by atoms with E-state index in [4.69, 9.17) is 0 Å². The lowest BCUT2D eigenvalue weighted by molar-refractivity contribution is 0.627. The topological polar surface area (TPSA) is 34.1 Å². The first-order valence-electron chi connectivity index (χ1n) is 3.31. The molecule has 0 aromatic carbocycles. The summed E-state index contributed by atoms with van der Waals surface area (Å²) < 4.78 is 21.2. The Kier molecular flexibility index (Phi) is 1.86. The minimum absolute atomic E-state index is 0.422. The summed E-state index contributed by atoms with van der Waals surface area (Å²) in [5.41, 5.74) is 1.90. The van der Waals surface area contributed by atoms with Crippen LogP contribution < -0.4 is 0 Å². The second-order valence-electron chi connectivity index (χ2n) is 2.41. The smallest absolute Gasteiger partial charge is 0.184 e. The van der Waals surface area contributed by atoms with Crippen molar-refractivity contribution in [3.05, 3.63) is 28.0 Å². The van der Waals surface area contributed by atoms with E-state index >= 15 is 0 Å². The van der Waals surface area contributed by atoms with Gasteiger partial charge >= 0.3 is 0 Å². The highest BCUT2D eigenvalue weighted by Gasteiger charge is 2.10. The van der Waals surface area contributed by atoms with E-state index in [1.807, 2.05) is 0 Å². The largest absolute Gasteiger partial charge is 0.217 e. The molecule has 2 nitrogen and oxygen atoms in total. The summed E-state index contributed by atoms with van der Waals surface area (Å²) in [6.45, 7) is 0. The van der Waals surface area contributed by atoms with Gasteiger partial charge in [-0.1, -0.05) is 6.08 Å². The second kappa shape index (κ2) is 2.88. The van der Waals surface area contributed by atoms with E-state index in [-0.39, 0.29) is 0 Å². The van der Waals surface area contributed by atoms with E-state index in [0.29, 0.717) is 11.3 Å². The average Bonchev–Trinajstić information content (AvgIpc) is 2.49. The van der Waals surface area contributed by atoms with Crippen LogP contribution in [0.1, 0.15) is 11.1 Å². The van der Waals surface area contributed by atoms with Crippen LogP contribution in [0.2, 0.25) is 0 Å². The van der Waals surface area contributed by atoms with E-state index in [1.54, 1.807) is 12.2 Å². The third kappa shape index (κ3) is 1.23. The van der Waals surface area contributed by atoms with Crippen molar-refractivity contribution >= 4 is 32.6 Å². The van der Waals surface area contributed by atoms with Gasteiger partial charge in [0.1, 0.15) is 0 Å². The molecule has 0 atom stereocenters. The summed E-state index contributed by atoms with van der Waals surface area (Å²) in [5.74, 6) is 0. The highest BCUT2D eigenvalue weighted by molar-refractivity contribution is 7.73. The molecule has 1 aromatic heterocycles. The van der Waals surface area contributed by atoms with Crippen LogP contribution in [0.15, 0.2) is 6.08 Å². The van der Waals surface area contributed by atoms with Gasteiger partial charge in [0.15, 0.2) is 0 Å². The fourth-order valence-corrected chi connectivity index (χ4v) is 2.15. The Labute approximate surface area is 75.7 Å².